The molecule has 0 spiro atoms. The largest absolute Gasteiger partial charge is 0.477 e. The molecule has 0 fully saturated rings. The van der Waals surface area contributed by atoms with Gasteiger partial charge in [-0.3, -0.25) is 4.79 Å². The van der Waals surface area contributed by atoms with Gasteiger partial charge in [-0.2, -0.15) is 0 Å². The molecular weight excluding hydrogens is 265 g/mol. The number of carboxylic acids is 1. The van der Waals surface area contributed by atoms with Crippen molar-refractivity contribution in [3.05, 3.63) is 47.8 Å². The summed E-state index contributed by atoms with van der Waals surface area (Å²) in [4.78, 5) is 30.5. The molecule has 0 saturated heterocycles. The van der Waals surface area contributed by atoms with E-state index in [1.807, 2.05) is 0 Å². The van der Waals surface area contributed by atoms with Crippen molar-refractivity contribution in [1.82, 2.24) is 9.97 Å². The zero-order valence-electron chi connectivity index (χ0n) is 10.6. The lowest BCUT2D eigenvalue weighted by Crippen LogP contribution is -2.32. The lowest BCUT2D eigenvalue weighted by molar-refractivity contribution is 0.0686. The molecule has 0 radical (unpaired) electrons. The van der Waals surface area contributed by atoms with Gasteiger partial charge in [0.1, 0.15) is 5.82 Å². The van der Waals surface area contributed by atoms with Crippen LogP contribution in [-0.4, -0.2) is 33.5 Å². The number of para-hydroxylation sites is 1. The molecule has 0 atom stereocenters. The molecule has 20 heavy (non-hydrogen) atoms. The molecule has 2 aromatic rings. The molecule has 0 saturated carbocycles. The summed E-state index contributed by atoms with van der Waals surface area (Å²) in [6.45, 7) is 1.85. The van der Waals surface area contributed by atoms with E-state index in [0.717, 1.165) is 11.2 Å². The van der Waals surface area contributed by atoms with Crippen molar-refractivity contribution in [2.45, 2.75) is 6.92 Å². The minimum absolute atomic E-state index is 0.0827. The summed E-state index contributed by atoms with van der Waals surface area (Å²) in [7, 11) is 0. The number of anilines is 1. The molecule has 0 aliphatic rings. The maximum Gasteiger partial charge on any atom is 0.354 e. The number of aromatic nitrogens is 2. The van der Waals surface area contributed by atoms with Crippen LogP contribution in [0.15, 0.2) is 30.6 Å². The maximum atomic E-state index is 13.7. The van der Waals surface area contributed by atoms with Gasteiger partial charge in [0.05, 0.1) is 12.0 Å². The summed E-state index contributed by atoms with van der Waals surface area (Å²) < 4.78 is 13.7. The molecule has 0 aliphatic heterocycles. The van der Waals surface area contributed by atoms with E-state index in [1.54, 1.807) is 13.0 Å². The van der Waals surface area contributed by atoms with Crippen molar-refractivity contribution >= 4 is 17.6 Å². The number of H-pyrrole nitrogens is 1. The Labute approximate surface area is 113 Å². The van der Waals surface area contributed by atoms with Crippen molar-refractivity contribution in [3.8, 4) is 0 Å². The molecular formula is C13H12FN3O3. The van der Waals surface area contributed by atoms with E-state index < -0.39 is 17.7 Å². The SMILES string of the molecule is CCN(C(=O)c1nc[nH]c1C(=O)O)c1ccccc1F. The Morgan fingerprint density at radius 1 is 1.40 bits per heavy atom. The van der Waals surface area contributed by atoms with Crippen LogP contribution in [0, 0.1) is 5.82 Å². The number of aromatic carboxylic acids is 1. The van der Waals surface area contributed by atoms with Gasteiger partial charge >= 0.3 is 5.97 Å². The monoisotopic (exact) mass is 277 g/mol. The van der Waals surface area contributed by atoms with Gasteiger partial charge < -0.3 is 15.0 Å². The highest BCUT2D eigenvalue weighted by Crippen LogP contribution is 2.21. The minimum Gasteiger partial charge on any atom is -0.477 e. The van der Waals surface area contributed by atoms with E-state index in [1.165, 1.54) is 18.2 Å². The van der Waals surface area contributed by atoms with Crippen LogP contribution in [0.3, 0.4) is 0 Å². The second kappa shape index (κ2) is 5.52. The highest BCUT2D eigenvalue weighted by atomic mass is 19.1. The Kier molecular flexibility index (Phi) is 3.79. The Morgan fingerprint density at radius 2 is 2.10 bits per heavy atom. The van der Waals surface area contributed by atoms with Gasteiger partial charge in [-0.05, 0) is 19.1 Å². The molecule has 0 aliphatic carbocycles. The van der Waals surface area contributed by atoms with Crippen molar-refractivity contribution < 1.29 is 19.1 Å². The van der Waals surface area contributed by atoms with E-state index in [4.69, 9.17) is 5.11 Å². The van der Waals surface area contributed by atoms with Gasteiger partial charge in [-0.15, -0.1) is 0 Å². The van der Waals surface area contributed by atoms with E-state index in [2.05, 4.69) is 9.97 Å². The first-order valence-corrected chi connectivity index (χ1v) is 5.89. The highest BCUT2D eigenvalue weighted by Gasteiger charge is 2.26. The van der Waals surface area contributed by atoms with Gasteiger partial charge in [-0.1, -0.05) is 12.1 Å². The minimum atomic E-state index is -1.30. The number of amides is 1. The van der Waals surface area contributed by atoms with Crippen molar-refractivity contribution in [1.29, 1.82) is 0 Å². The third-order valence-corrected chi connectivity index (χ3v) is 2.76. The number of carbonyl (C=O) groups excluding carboxylic acids is 1. The first-order chi connectivity index (χ1) is 9.56. The average Bonchev–Trinajstić information content (AvgIpc) is 2.91. The molecule has 2 N–H and O–H groups in total. The van der Waals surface area contributed by atoms with Crippen LogP contribution in [0.5, 0.6) is 0 Å². The zero-order valence-corrected chi connectivity index (χ0v) is 10.6. The van der Waals surface area contributed by atoms with Crippen molar-refractivity contribution in [2.75, 3.05) is 11.4 Å². The molecule has 6 nitrogen and oxygen atoms in total. The van der Waals surface area contributed by atoms with Crippen LogP contribution < -0.4 is 4.90 Å². The topological polar surface area (TPSA) is 86.3 Å². The van der Waals surface area contributed by atoms with Gasteiger partial charge in [0.2, 0.25) is 0 Å². The summed E-state index contributed by atoms with van der Waals surface area (Å²) >= 11 is 0. The first kappa shape index (κ1) is 13.7. The molecule has 1 heterocycles. The third kappa shape index (κ3) is 2.37. The zero-order chi connectivity index (χ0) is 14.7. The average molecular weight is 277 g/mol. The predicted octanol–water partition coefficient (Wildman–Crippen LogP) is 1.91. The van der Waals surface area contributed by atoms with Gasteiger partial charge in [0.25, 0.3) is 5.91 Å². The molecule has 1 aromatic heterocycles. The number of halogens is 1. The number of nitrogens with one attached hydrogen (secondary N) is 1. The Morgan fingerprint density at radius 3 is 2.70 bits per heavy atom. The number of hydrogen-bond acceptors (Lipinski definition) is 3. The summed E-state index contributed by atoms with van der Waals surface area (Å²) in [5.41, 5.74) is -0.480. The van der Waals surface area contributed by atoms with Crippen molar-refractivity contribution in [2.24, 2.45) is 0 Å². The van der Waals surface area contributed by atoms with E-state index in [0.29, 0.717) is 0 Å². The number of carbonyl (C=O) groups is 2. The molecule has 7 heteroatoms. The fourth-order valence-corrected chi connectivity index (χ4v) is 1.84. The number of rotatable bonds is 4. The summed E-state index contributed by atoms with van der Waals surface area (Å²) in [5.74, 6) is -2.53. The van der Waals surface area contributed by atoms with E-state index >= 15 is 0 Å². The van der Waals surface area contributed by atoms with Gasteiger partial charge in [-0.25, -0.2) is 14.2 Å². The normalized spacial score (nSPS) is 10.3. The summed E-state index contributed by atoms with van der Waals surface area (Å²) in [5, 5.41) is 8.97. The molecule has 2 rings (SSSR count). The first-order valence-electron chi connectivity index (χ1n) is 5.89. The van der Waals surface area contributed by atoms with Crippen LogP contribution in [0.4, 0.5) is 10.1 Å². The number of aromatic amines is 1. The van der Waals surface area contributed by atoms with E-state index in [9.17, 15) is 14.0 Å². The number of nitrogens with zero attached hydrogens (tertiary/aromatic N) is 2. The van der Waals surface area contributed by atoms with Crippen LogP contribution in [0.25, 0.3) is 0 Å². The molecule has 1 amide bonds. The number of benzene rings is 1. The molecule has 104 valence electrons. The fraction of sp³-hybridized carbons (Fsp3) is 0.154. The van der Waals surface area contributed by atoms with Crippen LogP contribution in [0.1, 0.15) is 27.9 Å². The molecule has 0 bridgehead atoms. The fourth-order valence-electron chi connectivity index (χ4n) is 1.84. The lowest BCUT2D eigenvalue weighted by Gasteiger charge is -2.20. The number of carboxylic acid groups (broad SMARTS) is 1. The summed E-state index contributed by atoms with van der Waals surface area (Å²) in [6.07, 6.45) is 1.12. The third-order valence-electron chi connectivity index (χ3n) is 2.76. The predicted molar refractivity (Wildman–Crippen MR) is 69.3 cm³/mol. The standard InChI is InChI=1S/C13H12FN3O3/c1-2-17(9-6-4-3-5-8(9)14)12(18)10-11(13(19)20)16-7-15-10/h3-7H,2H2,1H3,(H,15,16)(H,19,20). The quantitative estimate of drug-likeness (QED) is 0.893. The van der Waals surface area contributed by atoms with Gasteiger partial charge in [0, 0.05) is 6.54 Å². The van der Waals surface area contributed by atoms with Crippen LogP contribution in [-0.2, 0) is 0 Å². The molecule has 0 unspecified atom stereocenters. The van der Waals surface area contributed by atoms with Crippen LogP contribution >= 0.6 is 0 Å². The second-order valence-electron chi connectivity index (χ2n) is 3.93. The maximum absolute atomic E-state index is 13.7. The lowest BCUT2D eigenvalue weighted by atomic mass is 10.2. The highest BCUT2D eigenvalue weighted by molar-refractivity contribution is 6.10. The Hall–Kier alpha value is -2.70. The number of imidazole rings is 1. The van der Waals surface area contributed by atoms with Crippen molar-refractivity contribution in [3.63, 3.8) is 0 Å². The Bertz CT molecular complexity index is 654. The van der Waals surface area contributed by atoms with E-state index in [-0.39, 0.29) is 23.6 Å². The van der Waals surface area contributed by atoms with Crippen LogP contribution in [0.2, 0.25) is 0 Å². The smallest absolute Gasteiger partial charge is 0.354 e. The second-order valence-corrected chi connectivity index (χ2v) is 3.93. The Balaban J connectivity index is 2.42. The summed E-state index contributed by atoms with van der Waals surface area (Å²) in [6, 6.07) is 5.78. The molecule has 1 aromatic carbocycles. The number of hydrogen-bond donors (Lipinski definition) is 2. The van der Waals surface area contributed by atoms with Gasteiger partial charge in [0.15, 0.2) is 11.4 Å².